The Kier molecular flexibility index (Phi) is 7.06. The summed E-state index contributed by atoms with van der Waals surface area (Å²) in [5.74, 6) is 0. The first-order valence-electron chi connectivity index (χ1n) is 22.7. The van der Waals surface area contributed by atoms with Crippen LogP contribution in [0, 0.1) is 0 Å². The summed E-state index contributed by atoms with van der Waals surface area (Å²) in [6, 6.07) is 84.2. The third kappa shape index (κ3) is 4.84. The normalized spacial score (nSPS) is 12.9. The zero-order valence-corrected chi connectivity index (χ0v) is 35.3. The van der Waals surface area contributed by atoms with Crippen LogP contribution in [0.2, 0.25) is 0 Å². The van der Waals surface area contributed by atoms with Gasteiger partial charge in [-0.05, 0) is 136 Å². The highest BCUT2D eigenvalue weighted by molar-refractivity contribution is 7.00. The van der Waals surface area contributed by atoms with Crippen molar-refractivity contribution in [1.82, 2.24) is 4.57 Å². The third-order valence-corrected chi connectivity index (χ3v) is 14.7. The van der Waals surface area contributed by atoms with Crippen molar-refractivity contribution in [1.29, 1.82) is 0 Å². The van der Waals surface area contributed by atoms with Crippen LogP contribution in [0.4, 0.5) is 17.1 Å². The largest absolute Gasteiger partial charge is 0.311 e. The molecule has 0 saturated carbocycles. The number of aromatic nitrogens is 1. The van der Waals surface area contributed by atoms with Gasteiger partial charge in [-0.25, -0.2) is 0 Å². The van der Waals surface area contributed by atoms with Crippen molar-refractivity contribution < 1.29 is 0 Å². The van der Waals surface area contributed by atoms with Crippen LogP contribution < -0.4 is 21.3 Å². The smallest absolute Gasteiger partial charge is 0.252 e. The summed E-state index contributed by atoms with van der Waals surface area (Å²) in [7, 11) is 0. The van der Waals surface area contributed by atoms with Gasteiger partial charge in [0.05, 0.1) is 11.0 Å². The minimum Gasteiger partial charge on any atom is -0.311 e. The Balaban J connectivity index is 1.10. The third-order valence-electron chi connectivity index (χ3n) is 14.7. The van der Waals surface area contributed by atoms with E-state index in [1.165, 1.54) is 132 Å². The average Bonchev–Trinajstić information content (AvgIpc) is 3.67. The summed E-state index contributed by atoms with van der Waals surface area (Å²) in [6.45, 7) is -0.0249. The first-order chi connectivity index (χ1) is 32.2. The maximum Gasteiger partial charge on any atom is 0.252 e. The van der Waals surface area contributed by atoms with Gasteiger partial charge in [0, 0.05) is 33.5 Å². The molecular formula is C62H37BN2. The highest BCUT2D eigenvalue weighted by atomic mass is 15.2. The van der Waals surface area contributed by atoms with E-state index in [1.807, 2.05) is 0 Å². The lowest BCUT2D eigenvalue weighted by Crippen LogP contribution is -2.60. The molecule has 1 aliphatic carbocycles. The lowest BCUT2D eigenvalue weighted by molar-refractivity contribution is 1.18. The molecule has 65 heavy (non-hydrogen) atoms. The summed E-state index contributed by atoms with van der Waals surface area (Å²) < 4.78 is 2.65. The fourth-order valence-electron chi connectivity index (χ4n) is 11.9. The Labute approximate surface area is 377 Å². The number of benzene rings is 11. The summed E-state index contributed by atoms with van der Waals surface area (Å²) in [5.41, 5.74) is 23.8. The predicted octanol–water partition coefficient (Wildman–Crippen LogP) is 14.4. The molecule has 0 bridgehead atoms. The summed E-state index contributed by atoms with van der Waals surface area (Å²) in [5, 5.41) is 7.81. The quantitative estimate of drug-likeness (QED) is 0.161. The van der Waals surface area contributed by atoms with E-state index < -0.39 is 0 Å². The van der Waals surface area contributed by atoms with Crippen molar-refractivity contribution in [2.45, 2.75) is 0 Å². The highest BCUT2D eigenvalue weighted by Gasteiger charge is 2.43. The summed E-state index contributed by atoms with van der Waals surface area (Å²) in [6.07, 6.45) is 0. The molecule has 298 valence electrons. The van der Waals surface area contributed by atoms with Gasteiger partial charge in [0.15, 0.2) is 0 Å². The number of hydrogen-bond donors (Lipinski definition) is 0. The van der Waals surface area contributed by atoms with E-state index in [0.29, 0.717) is 0 Å². The standard InChI is InChI=1S/C62H37BN2/c1-3-13-38(14-4-1)41-27-30-47(31-28-41)64-54-32-29-44(39-15-5-2-6-16-39)34-52(54)63-53-35-45-19-11-22-50-48-20-9-10-21-49(48)51-23-12-24-55-59(51)60(58(45)50)62(53)65(55)57-37-46(36-56(64)61(57)63)43-26-25-40-17-7-8-18-42(40)33-43/h1-37H. The van der Waals surface area contributed by atoms with Crippen molar-refractivity contribution in [3.8, 4) is 61.3 Å². The zero-order chi connectivity index (χ0) is 42.3. The van der Waals surface area contributed by atoms with Gasteiger partial charge in [-0.1, -0.05) is 182 Å². The molecule has 1 aromatic heterocycles. The van der Waals surface area contributed by atoms with Crippen LogP contribution in [0.25, 0.3) is 105 Å². The van der Waals surface area contributed by atoms with Gasteiger partial charge in [-0.3, -0.25) is 0 Å². The number of anilines is 3. The molecule has 3 aliphatic rings. The molecule has 0 saturated heterocycles. The molecule has 15 rings (SSSR count). The lowest BCUT2D eigenvalue weighted by Gasteiger charge is -2.41. The molecule has 3 heterocycles. The molecule has 2 aliphatic heterocycles. The van der Waals surface area contributed by atoms with E-state index in [1.54, 1.807) is 0 Å². The molecule has 0 fully saturated rings. The summed E-state index contributed by atoms with van der Waals surface area (Å²) >= 11 is 0. The molecule has 0 N–H and O–H groups in total. The Morgan fingerprint density at radius 1 is 0.308 bits per heavy atom. The van der Waals surface area contributed by atoms with Gasteiger partial charge in [-0.2, -0.15) is 0 Å². The maximum absolute atomic E-state index is 2.65. The highest BCUT2D eigenvalue weighted by Crippen LogP contribution is 2.51. The van der Waals surface area contributed by atoms with E-state index in [2.05, 4.69) is 234 Å². The van der Waals surface area contributed by atoms with E-state index in [4.69, 9.17) is 0 Å². The Hall–Kier alpha value is -8.40. The van der Waals surface area contributed by atoms with Gasteiger partial charge >= 0.3 is 0 Å². The number of fused-ring (bicyclic) bond motifs is 9. The van der Waals surface area contributed by atoms with Crippen LogP contribution in [-0.4, -0.2) is 11.3 Å². The number of rotatable bonds is 4. The van der Waals surface area contributed by atoms with Crippen LogP contribution >= 0.6 is 0 Å². The molecule has 0 spiro atoms. The van der Waals surface area contributed by atoms with E-state index in [-0.39, 0.29) is 6.71 Å². The molecule has 0 amide bonds. The van der Waals surface area contributed by atoms with E-state index in [0.717, 1.165) is 5.69 Å². The van der Waals surface area contributed by atoms with Crippen molar-refractivity contribution >= 4 is 83.5 Å². The molecule has 0 unspecified atom stereocenters. The molecule has 0 atom stereocenters. The Morgan fingerprint density at radius 3 is 1.68 bits per heavy atom. The van der Waals surface area contributed by atoms with Crippen LogP contribution in [0.3, 0.4) is 0 Å². The minimum absolute atomic E-state index is 0.0249. The van der Waals surface area contributed by atoms with Gasteiger partial charge in [-0.15, -0.1) is 0 Å². The Morgan fingerprint density at radius 2 is 0.892 bits per heavy atom. The van der Waals surface area contributed by atoms with Crippen LogP contribution in [-0.2, 0) is 0 Å². The monoisotopic (exact) mass is 820 g/mol. The lowest BCUT2D eigenvalue weighted by atomic mass is 9.33. The van der Waals surface area contributed by atoms with Gasteiger partial charge in [0.25, 0.3) is 6.71 Å². The SMILES string of the molecule is c1ccc(-c2ccc(N3c4ccc(-c5ccccc5)cc4B4c5c3cc(-c3ccc6ccccc6c3)cc5-n3c5cccc6c5c5c7c(cccc7cc4c53)-c3ccccc3-6)cc2)cc1. The van der Waals surface area contributed by atoms with Crippen molar-refractivity contribution in [3.63, 3.8) is 0 Å². The topological polar surface area (TPSA) is 8.17 Å². The second-order valence-electron chi connectivity index (χ2n) is 18.0. The molecule has 0 radical (unpaired) electrons. The summed E-state index contributed by atoms with van der Waals surface area (Å²) in [4.78, 5) is 2.55. The molecular weight excluding hydrogens is 784 g/mol. The van der Waals surface area contributed by atoms with Crippen molar-refractivity contribution in [2.24, 2.45) is 0 Å². The second kappa shape index (κ2) is 13.1. The Bertz CT molecular complexity index is 4000. The van der Waals surface area contributed by atoms with Crippen LogP contribution in [0.1, 0.15) is 0 Å². The van der Waals surface area contributed by atoms with E-state index >= 15 is 0 Å². The zero-order valence-electron chi connectivity index (χ0n) is 35.3. The number of hydrogen-bond acceptors (Lipinski definition) is 1. The van der Waals surface area contributed by atoms with Gasteiger partial charge in [0.2, 0.25) is 0 Å². The first kappa shape index (κ1) is 35.1. The first-order valence-corrected chi connectivity index (χ1v) is 22.7. The van der Waals surface area contributed by atoms with Crippen LogP contribution in [0.15, 0.2) is 224 Å². The van der Waals surface area contributed by atoms with Gasteiger partial charge < -0.3 is 9.47 Å². The molecule has 11 aromatic carbocycles. The number of nitrogens with zero attached hydrogens (tertiary/aromatic N) is 2. The molecule has 12 aromatic rings. The maximum atomic E-state index is 2.65. The predicted molar refractivity (Wildman–Crippen MR) is 276 cm³/mol. The molecule has 2 nitrogen and oxygen atoms in total. The average molecular weight is 821 g/mol. The second-order valence-corrected chi connectivity index (χ2v) is 18.0. The van der Waals surface area contributed by atoms with Crippen LogP contribution in [0.5, 0.6) is 0 Å². The molecule has 3 heteroatoms. The fraction of sp³-hybridized carbons (Fsp3) is 0. The van der Waals surface area contributed by atoms with Gasteiger partial charge in [0.1, 0.15) is 0 Å². The minimum atomic E-state index is -0.0249. The van der Waals surface area contributed by atoms with E-state index in [9.17, 15) is 0 Å². The van der Waals surface area contributed by atoms with Crippen molar-refractivity contribution in [2.75, 3.05) is 4.90 Å². The fourth-order valence-corrected chi connectivity index (χ4v) is 11.9. The van der Waals surface area contributed by atoms with Crippen molar-refractivity contribution in [3.05, 3.63) is 224 Å².